The van der Waals surface area contributed by atoms with Gasteiger partial charge in [0.1, 0.15) is 0 Å². The third-order valence-corrected chi connectivity index (χ3v) is 6.64. The third-order valence-electron chi connectivity index (χ3n) is 4.89. The van der Waals surface area contributed by atoms with E-state index in [-0.39, 0.29) is 23.5 Å². The van der Waals surface area contributed by atoms with Crippen LogP contribution in [-0.4, -0.2) is 67.3 Å². The zero-order chi connectivity index (χ0) is 15.5. The van der Waals surface area contributed by atoms with Crippen LogP contribution in [0, 0.1) is 0 Å². The van der Waals surface area contributed by atoms with Gasteiger partial charge in [-0.1, -0.05) is 13.8 Å². The number of sulfone groups is 1. The molecule has 0 aromatic carbocycles. The van der Waals surface area contributed by atoms with Gasteiger partial charge in [-0.15, -0.1) is 0 Å². The molecule has 1 amide bonds. The van der Waals surface area contributed by atoms with Crippen LogP contribution in [0.2, 0.25) is 0 Å². The van der Waals surface area contributed by atoms with Gasteiger partial charge >= 0.3 is 0 Å². The number of likely N-dealkylation sites (N-methyl/N-ethyl adjacent to an activating group) is 1. The van der Waals surface area contributed by atoms with Crippen LogP contribution < -0.4 is 0 Å². The molecular weight excluding hydrogens is 288 g/mol. The van der Waals surface area contributed by atoms with Gasteiger partial charge in [-0.3, -0.25) is 9.69 Å². The SMILES string of the molecule is CCC1CCCCN1C(=O)CN(CC)C1CCS(=O)(=O)C1. The molecule has 2 atom stereocenters. The van der Waals surface area contributed by atoms with Crippen molar-refractivity contribution in [2.75, 3.05) is 31.1 Å². The smallest absolute Gasteiger partial charge is 0.237 e. The van der Waals surface area contributed by atoms with Crippen LogP contribution in [0.4, 0.5) is 0 Å². The molecule has 5 nitrogen and oxygen atoms in total. The van der Waals surface area contributed by atoms with Crippen molar-refractivity contribution in [2.45, 2.75) is 58.0 Å². The van der Waals surface area contributed by atoms with Crippen molar-refractivity contribution in [1.82, 2.24) is 9.80 Å². The van der Waals surface area contributed by atoms with Crippen molar-refractivity contribution in [3.63, 3.8) is 0 Å². The molecule has 2 fully saturated rings. The minimum Gasteiger partial charge on any atom is -0.339 e. The van der Waals surface area contributed by atoms with E-state index in [4.69, 9.17) is 0 Å². The maximum atomic E-state index is 12.6. The van der Waals surface area contributed by atoms with Gasteiger partial charge in [-0.2, -0.15) is 0 Å². The van der Waals surface area contributed by atoms with Crippen LogP contribution in [0.15, 0.2) is 0 Å². The third kappa shape index (κ3) is 4.19. The number of likely N-dealkylation sites (tertiary alicyclic amines) is 1. The number of hydrogen-bond acceptors (Lipinski definition) is 4. The molecule has 2 heterocycles. The molecule has 2 aliphatic heterocycles. The first kappa shape index (κ1) is 16.7. The molecule has 0 aromatic heterocycles. The van der Waals surface area contributed by atoms with Crippen molar-refractivity contribution in [2.24, 2.45) is 0 Å². The number of piperidine rings is 1. The van der Waals surface area contributed by atoms with E-state index >= 15 is 0 Å². The van der Waals surface area contributed by atoms with E-state index < -0.39 is 9.84 Å². The second-order valence-electron chi connectivity index (χ2n) is 6.26. The van der Waals surface area contributed by atoms with E-state index in [1.54, 1.807) is 0 Å². The molecular formula is C15H28N2O3S. The van der Waals surface area contributed by atoms with Gasteiger partial charge < -0.3 is 4.90 Å². The minimum absolute atomic E-state index is 0.0221. The summed E-state index contributed by atoms with van der Waals surface area (Å²) in [6.45, 7) is 6.10. The summed E-state index contributed by atoms with van der Waals surface area (Å²) in [6, 6.07) is 0.395. The molecule has 0 aliphatic carbocycles. The Balaban J connectivity index is 1.96. The molecule has 2 unspecified atom stereocenters. The van der Waals surface area contributed by atoms with Gasteiger partial charge in [-0.25, -0.2) is 8.42 Å². The number of amides is 1. The summed E-state index contributed by atoms with van der Waals surface area (Å²) in [5, 5.41) is 0. The standard InChI is InChI=1S/C15H28N2O3S/c1-3-13-7-5-6-9-17(13)15(18)11-16(4-2)14-8-10-21(19,20)12-14/h13-14H,3-12H2,1-2H3. The zero-order valence-corrected chi connectivity index (χ0v) is 14.1. The second-order valence-corrected chi connectivity index (χ2v) is 8.49. The summed E-state index contributed by atoms with van der Waals surface area (Å²) in [5.74, 6) is 0.655. The normalized spacial score (nSPS) is 29.0. The Morgan fingerprint density at radius 2 is 2.00 bits per heavy atom. The average Bonchev–Trinajstić information content (AvgIpc) is 2.84. The lowest BCUT2D eigenvalue weighted by atomic mass is 10.00. The highest BCUT2D eigenvalue weighted by molar-refractivity contribution is 7.91. The number of carbonyl (C=O) groups is 1. The van der Waals surface area contributed by atoms with E-state index in [1.165, 1.54) is 6.42 Å². The summed E-state index contributed by atoms with van der Waals surface area (Å²) >= 11 is 0. The average molecular weight is 316 g/mol. The molecule has 0 N–H and O–H groups in total. The fourth-order valence-corrected chi connectivity index (χ4v) is 5.34. The predicted octanol–water partition coefficient (Wildman–Crippen LogP) is 1.29. The Hall–Kier alpha value is -0.620. The quantitative estimate of drug-likeness (QED) is 0.767. The Labute approximate surface area is 128 Å². The van der Waals surface area contributed by atoms with E-state index in [9.17, 15) is 13.2 Å². The van der Waals surface area contributed by atoms with Crippen molar-refractivity contribution in [3.8, 4) is 0 Å². The largest absolute Gasteiger partial charge is 0.339 e. The summed E-state index contributed by atoms with van der Waals surface area (Å²) < 4.78 is 23.3. The van der Waals surface area contributed by atoms with Crippen LogP contribution in [0.25, 0.3) is 0 Å². The highest BCUT2D eigenvalue weighted by atomic mass is 32.2. The van der Waals surface area contributed by atoms with E-state index in [0.29, 0.717) is 19.0 Å². The lowest BCUT2D eigenvalue weighted by molar-refractivity contribution is -0.136. The van der Waals surface area contributed by atoms with Gasteiger partial charge in [0.05, 0.1) is 18.1 Å². The Morgan fingerprint density at radius 3 is 2.57 bits per heavy atom. The predicted molar refractivity (Wildman–Crippen MR) is 83.9 cm³/mol. The number of carbonyl (C=O) groups excluding carboxylic acids is 1. The molecule has 122 valence electrons. The summed E-state index contributed by atoms with van der Waals surface area (Å²) in [7, 11) is -2.89. The first-order chi connectivity index (χ1) is 9.96. The first-order valence-corrected chi connectivity index (χ1v) is 10.0. The molecule has 0 aromatic rings. The Kier molecular flexibility index (Phi) is 5.66. The fraction of sp³-hybridized carbons (Fsp3) is 0.933. The maximum absolute atomic E-state index is 12.6. The molecule has 0 spiro atoms. The fourth-order valence-electron chi connectivity index (χ4n) is 3.58. The molecule has 2 aliphatic rings. The van der Waals surface area contributed by atoms with Crippen LogP contribution >= 0.6 is 0 Å². The Bertz CT molecular complexity index is 464. The summed E-state index contributed by atoms with van der Waals surface area (Å²) in [5.41, 5.74) is 0. The number of rotatable bonds is 5. The van der Waals surface area contributed by atoms with Crippen LogP contribution in [-0.2, 0) is 14.6 Å². The summed E-state index contributed by atoms with van der Waals surface area (Å²) in [4.78, 5) is 16.7. The molecule has 0 bridgehead atoms. The summed E-state index contributed by atoms with van der Waals surface area (Å²) in [6.07, 6.45) is 5.08. The monoisotopic (exact) mass is 316 g/mol. The molecule has 0 radical (unpaired) electrons. The van der Waals surface area contributed by atoms with Crippen LogP contribution in [0.5, 0.6) is 0 Å². The lowest BCUT2D eigenvalue weighted by Gasteiger charge is -2.37. The second kappa shape index (κ2) is 7.09. The van der Waals surface area contributed by atoms with Gasteiger partial charge in [0.25, 0.3) is 0 Å². The van der Waals surface area contributed by atoms with E-state index in [2.05, 4.69) is 6.92 Å². The Morgan fingerprint density at radius 1 is 1.24 bits per heavy atom. The molecule has 2 saturated heterocycles. The minimum atomic E-state index is -2.89. The maximum Gasteiger partial charge on any atom is 0.237 e. The number of hydrogen-bond donors (Lipinski definition) is 0. The lowest BCUT2D eigenvalue weighted by Crippen LogP contribution is -2.50. The van der Waals surface area contributed by atoms with Crippen LogP contribution in [0.3, 0.4) is 0 Å². The van der Waals surface area contributed by atoms with E-state index in [1.807, 2.05) is 16.7 Å². The van der Waals surface area contributed by atoms with Crippen molar-refractivity contribution in [1.29, 1.82) is 0 Å². The van der Waals surface area contributed by atoms with Crippen molar-refractivity contribution in [3.05, 3.63) is 0 Å². The molecule has 21 heavy (non-hydrogen) atoms. The van der Waals surface area contributed by atoms with Gasteiger partial charge in [-0.05, 0) is 38.6 Å². The molecule has 6 heteroatoms. The topological polar surface area (TPSA) is 57.7 Å². The van der Waals surface area contributed by atoms with Crippen molar-refractivity contribution < 1.29 is 13.2 Å². The van der Waals surface area contributed by atoms with Crippen molar-refractivity contribution >= 4 is 15.7 Å². The zero-order valence-electron chi connectivity index (χ0n) is 13.3. The highest BCUT2D eigenvalue weighted by Gasteiger charge is 2.34. The van der Waals surface area contributed by atoms with Gasteiger partial charge in [0, 0.05) is 18.6 Å². The van der Waals surface area contributed by atoms with Crippen LogP contribution in [0.1, 0.15) is 46.0 Å². The highest BCUT2D eigenvalue weighted by Crippen LogP contribution is 2.21. The van der Waals surface area contributed by atoms with E-state index in [0.717, 1.165) is 32.4 Å². The molecule has 0 saturated carbocycles. The van der Waals surface area contributed by atoms with Gasteiger partial charge in [0.2, 0.25) is 5.91 Å². The number of nitrogens with zero attached hydrogens (tertiary/aromatic N) is 2. The molecule has 2 rings (SSSR count). The first-order valence-electron chi connectivity index (χ1n) is 8.20. The van der Waals surface area contributed by atoms with Gasteiger partial charge in [0.15, 0.2) is 9.84 Å².